The molecule has 2 aromatic rings. The van der Waals surface area contributed by atoms with Gasteiger partial charge in [-0.3, -0.25) is 9.69 Å². The molecule has 4 rings (SSSR count). The highest BCUT2D eigenvalue weighted by atomic mass is 16.1. The van der Waals surface area contributed by atoms with Gasteiger partial charge in [-0.15, -0.1) is 0 Å². The molecule has 1 aliphatic heterocycles. The second-order valence-corrected chi connectivity index (χ2v) is 7.33. The van der Waals surface area contributed by atoms with Crippen molar-refractivity contribution in [1.29, 1.82) is 0 Å². The van der Waals surface area contributed by atoms with Gasteiger partial charge in [0.25, 0.3) is 0 Å². The van der Waals surface area contributed by atoms with Gasteiger partial charge in [-0.1, -0.05) is 6.07 Å². The fraction of sp³-hybridized carbons (Fsp3) is 0.500. The monoisotopic (exact) mass is 358 g/mol. The molecule has 1 unspecified atom stereocenters. The van der Waals surface area contributed by atoms with Crippen LogP contribution >= 0.6 is 0 Å². The van der Waals surface area contributed by atoms with Gasteiger partial charge in [0.2, 0.25) is 5.56 Å². The lowest BCUT2D eigenvalue weighted by molar-refractivity contribution is 0.244. The van der Waals surface area contributed by atoms with E-state index in [0.717, 1.165) is 42.1 Å². The van der Waals surface area contributed by atoms with E-state index in [1.807, 2.05) is 12.1 Å². The average molecular weight is 359 g/mol. The van der Waals surface area contributed by atoms with Crippen LogP contribution in [0.4, 0.5) is 11.4 Å². The van der Waals surface area contributed by atoms with Gasteiger partial charge < -0.3 is 9.47 Å². The molecule has 4 heteroatoms. The van der Waals surface area contributed by atoms with Crippen molar-refractivity contribution in [3.05, 3.63) is 58.0 Å². The highest BCUT2D eigenvalue weighted by Gasteiger charge is 2.26. The topological polar surface area (TPSA) is 28.5 Å². The SMILES string of the molecule is [2H]C([2H])C(N(c1ccc2c(c1)CN(CC1CC1)CC2)c1ccc(=O)n(C([2H])[2H])c1)C([2H])([2H])[2H]. The lowest BCUT2D eigenvalue weighted by Gasteiger charge is -2.33. The first kappa shape index (κ1) is 10.9. The van der Waals surface area contributed by atoms with Gasteiger partial charge in [-0.2, -0.15) is 0 Å². The largest absolute Gasteiger partial charge is 0.338 e. The summed E-state index contributed by atoms with van der Waals surface area (Å²) < 4.78 is 56.3. The maximum Gasteiger partial charge on any atom is 0.250 e. The van der Waals surface area contributed by atoms with Crippen LogP contribution in [-0.2, 0) is 20.0 Å². The number of nitrogens with zero attached hydrogens (tertiary/aromatic N) is 3. The van der Waals surface area contributed by atoms with Crippen LogP contribution in [0.5, 0.6) is 0 Å². The van der Waals surface area contributed by atoms with Crippen molar-refractivity contribution < 1.29 is 9.60 Å². The molecule has 26 heavy (non-hydrogen) atoms. The molecular formula is C22H29N3O. The van der Waals surface area contributed by atoms with E-state index < -0.39 is 32.3 Å². The Bertz CT molecular complexity index is 1050. The first-order valence-corrected chi connectivity index (χ1v) is 9.09. The molecule has 1 aromatic heterocycles. The Kier molecular flexibility index (Phi) is 2.91. The number of anilines is 2. The third-order valence-corrected chi connectivity index (χ3v) is 5.25. The first-order chi connectivity index (χ1) is 15.5. The number of rotatable bonds is 5. The summed E-state index contributed by atoms with van der Waals surface area (Å²) in [6.45, 7) is -3.14. The van der Waals surface area contributed by atoms with E-state index >= 15 is 0 Å². The Morgan fingerprint density at radius 2 is 2.12 bits per heavy atom. The van der Waals surface area contributed by atoms with Crippen LogP contribution in [-0.4, -0.2) is 28.6 Å². The fourth-order valence-corrected chi connectivity index (χ4v) is 3.68. The fourth-order valence-electron chi connectivity index (χ4n) is 3.68. The Hall–Kier alpha value is -2.07. The molecule has 1 aliphatic carbocycles. The summed E-state index contributed by atoms with van der Waals surface area (Å²) in [4.78, 5) is 15.9. The van der Waals surface area contributed by atoms with Crippen molar-refractivity contribution in [1.82, 2.24) is 9.47 Å². The van der Waals surface area contributed by atoms with Crippen LogP contribution < -0.4 is 10.5 Å². The molecule has 1 fully saturated rings. The Morgan fingerprint density at radius 3 is 2.88 bits per heavy atom. The van der Waals surface area contributed by atoms with Crippen molar-refractivity contribution in [2.75, 3.05) is 18.0 Å². The van der Waals surface area contributed by atoms with Gasteiger partial charge in [-0.25, -0.2) is 0 Å². The zero-order valence-corrected chi connectivity index (χ0v) is 14.8. The second kappa shape index (κ2) is 6.92. The maximum absolute atomic E-state index is 12.1. The van der Waals surface area contributed by atoms with E-state index in [4.69, 9.17) is 9.60 Å². The number of pyridine rings is 1. The van der Waals surface area contributed by atoms with E-state index in [1.54, 1.807) is 6.07 Å². The summed E-state index contributed by atoms with van der Waals surface area (Å²) >= 11 is 0. The van der Waals surface area contributed by atoms with Crippen LogP contribution in [0.15, 0.2) is 41.3 Å². The van der Waals surface area contributed by atoms with Gasteiger partial charge in [0.15, 0.2) is 0 Å². The number of aromatic nitrogens is 1. The summed E-state index contributed by atoms with van der Waals surface area (Å²) in [6, 6.07) is 6.81. The quantitative estimate of drug-likeness (QED) is 0.816. The number of hydrogen-bond donors (Lipinski definition) is 0. The van der Waals surface area contributed by atoms with E-state index in [9.17, 15) is 4.79 Å². The van der Waals surface area contributed by atoms with Crippen LogP contribution in [0.2, 0.25) is 0 Å². The third kappa shape index (κ3) is 3.56. The lowest BCUT2D eigenvalue weighted by Crippen LogP contribution is -2.33. The van der Waals surface area contributed by atoms with Gasteiger partial charge in [0, 0.05) is 60.2 Å². The maximum atomic E-state index is 12.1. The Morgan fingerprint density at radius 1 is 1.23 bits per heavy atom. The van der Waals surface area contributed by atoms with E-state index in [2.05, 4.69) is 4.90 Å². The molecule has 2 aliphatic rings. The lowest BCUT2D eigenvalue weighted by atomic mass is 9.98. The molecule has 4 nitrogen and oxygen atoms in total. The molecule has 0 N–H and O–H groups in total. The van der Waals surface area contributed by atoms with Crippen LogP contribution in [0.3, 0.4) is 0 Å². The summed E-state index contributed by atoms with van der Waals surface area (Å²) in [6.07, 6.45) is 4.73. The van der Waals surface area contributed by atoms with Crippen molar-refractivity contribution in [2.45, 2.75) is 45.6 Å². The van der Waals surface area contributed by atoms with E-state index in [1.165, 1.54) is 41.6 Å². The minimum atomic E-state index is -2.65. The van der Waals surface area contributed by atoms with Crippen molar-refractivity contribution in [3.8, 4) is 0 Å². The van der Waals surface area contributed by atoms with Gasteiger partial charge in [-0.05, 0) is 68.2 Å². The Balaban J connectivity index is 1.78. The zero-order chi connectivity index (χ0) is 23.9. The average Bonchev–Trinajstić information content (AvgIpc) is 3.54. The zero-order valence-electron chi connectivity index (χ0n) is 21.8. The molecule has 0 amide bonds. The standard InChI is InChI=1S/C22H29N3O/c1-16(2)25(21-8-9-22(26)23(3)15-21)20-7-6-18-10-11-24(13-17-4-5-17)14-19(18)12-20/h6-9,12,15-17H,4-5,10-11,13-14H2,1-3H3/i1D2,2D3,3D2. The number of fused-ring (bicyclic) bond motifs is 1. The number of hydrogen-bond acceptors (Lipinski definition) is 3. The van der Waals surface area contributed by atoms with Crippen molar-refractivity contribution in [3.63, 3.8) is 0 Å². The van der Waals surface area contributed by atoms with Crippen molar-refractivity contribution in [2.24, 2.45) is 12.9 Å². The highest BCUT2D eigenvalue weighted by Crippen LogP contribution is 2.34. The van der Waals surface area contributed by atoms with E-state index in [-0.39, 0.29) is 5.69 Å². The summed E-state index contributed by atoms with van der Waals surface area (Å²) in [5.41, 5.74) is 2.52. The Labute approximate surface area is 165 Å². The predicted molar refractivity (Wildman–Crippen MR) is 107 cm³/mol. The molecule has 0 saturated heterocycles. The summed E-state index contributed by atoms with van der Waals surface area (Å²) in [7, 11) is 0. The third-order valence-electron chi connectivity index (χ3n) is 5.25. The van der Waals surface area contributed by atoms with Gasteiger partial charge in [0.05, 0.1) is 5.69 Å². The molecule has 1 saturated carbocycles. The summed E-state index contributed by atoms with van der Waals surface area (Å²) in [5.74, 6) is 0.766. The molecule has 138 valence electrons. The van der Waals surface area contributed by atoms with Gasteiger partial charge >= 0.3 is 0 Å². The van der Waals surface area contributed by atoms with E-state index in [0.29, 0.717) is 5.69 Å². The molecule has 0 radical (unpaired) electrons. The second-order valence-electron chi connectivity index (χ2n) is 7.33. The van der Waals surface area contributed by atoms with Crippen LogP contribution in [0, 0.1) is 5.92 Å². The molecule has 2 heterocycles. The van der Waals surface area contributed by atoms with Crippen molar-refractivity contribution >= 4 is 11.4 Å². The molecule has 1 atom stereocenters. The molecular weight excluding hydrogens is 322 g/mol. The number of benzene rings is 1. The molecule has 0 spiro atoms. The summed E-state index contributed by atoms with van der Waals surface area (Å²) in [5, 5.41) is 0. The predicted octanol–water partition coefficient (Wildman–Crippen LogP) is 3.70. The smallest absolute Gasteiger partial charge is 0.250 e. The minimum Gasteiger partial charge on any atom is -0.338 e. The molecule has 1 aromatic carbocycles. The molecule has 0 bridgehead atoms. The number of aryl methyl sites for hydroxylation is 1. The first-order valence-electron chi connectivity index (χ1n) is 12.9. The van der Waals surface area contributed by atoms with Crippen LogP contribution in [0.1, 0.15) is 47.3 Å². The van der Waals surface area contributed by atoms with Crippen LogP contribution in [0.25, 0.3) is 0 Å². The minimum absolute atomic E-state index is 0.260. The van der Waals surface area contributed by atoms with Gasteiger partial charge in [0.1, 0.15) is 0 Å². The normalized spacial score (nSPS) is 23.1. The highest BCUT2D eigenvalue weighted by molar-refractivity contribution is 5.64.